The smallest absolute Gasteiger partial charge is 0.0701 e. The predicted molar refractivity (Wildman–Crippen MR) is 79.4 cm³/mol. The molecule has 114 valence electrons. The van der Waals surface area contributed by atoms with E-state index in [1.165, 1.54) is 0 Å². The zero-order valence-electron chi connectivity index (χ0n) is 13.1. The Morgan fingerprint density at radius 2 is 1.95 bits per heavy atom. The van der Waals surface area contributed by atoms with Crippen LogP contribution in [0.3, 0.4) is 0 Å². The summed E-state index contributed by atoms with van der Waals surface area (Å²) in [7, 11) is 0. The number of hydrogen-bond donors (Lipinski definition) is 2. The summed E-state index contributed by atoms with van der Waals surface area (Å²) in [6.07, 6.45) is 2.55. The molecule has 0 radical (unpaired) electrons. The van der Waals surface area contributed by atoms with E-state index >= 15 is 0 Å². The molecule has 0 bridgehead atoms. The summed E-state index contributed by atoms with van der Waals surface area (Å²) in [6, 6.07) is 0. The van der Waals surface area contributed by atoms with Crippen LogP contribution in [0.15, 0.2) is 0 Å². The van der Waals surface area contributed by atoms with Crippen molar-refractivity contribution in [3.05, 3.63) is 0 Å². The molecule has 19 heavy (non-hydrogen) atoms. The monoisotopic (exact) mass is 272 g/mol. The Labute approximate surface area is 118 Å². The molecular weight excluding hydrogens is 240 g/mol. The highest BCUT2D eigenvalue weighted by atomic mass is 16.5. The molecular formula is C15H32N2O2. The van der Waals surface area contributed by atoms with Crippen molar-refractivity contribution in [1.82, 2.24) is 10.2 Å². The number of aliphatic hydroxyl groups is 1. The fourth-order valence-corrected chi connectivity index (χ4v) is 2.46. The maximum Gasteiger partial charge on any atom is 0.0701 e. The van der Waals surface area contributed by atoms with Gasteiger partial charge in [-0.3, -0.25) is 0 Å². The SMILES string of the molecule is CC(CNC(C)(C)C)CN1CCC(OCCO)CC1. The van der Waals surface area contributed by atoms with Crippen molar-refractivity contribution in [2.45, 2.75) is 52.2 Å². The Balaban J connectivity index is 2.14. The van der Waals surface area contributed by atoms with Gasteiger partial charge in [0, 0.05) is 25.2 Å². The van der Waals surface area contributed by atoms with Gasteiger partial charge in [-0.15, -0.1) is 0 Å². The summed E-state index contributed by atoms with van der Waals surface area (Å²) in [5, 5.41) is 12.3. The number of hydrogen-bond acceptors (Lipinski definition) is 4. The lowest BCUT2D eigenvalue weighted by Crippen LogP contribution is -2.44. The standard InChI is InChI=1S/C15H32N2O2/c1-13(11-16-15(2,3)4)12-17-7-5-14(6-8-17)19-10-9-18/h13-14,16,18H,5-12H2,1-4H3. The van der Waals surface area contributed by atoms with Crippen molar-refractivity contribution < 1.29 is 9.84 Å². The van der Waals surface area contributed by atoms with Gasteiger partial charge in [0.1, 0.15) is 0 Å². The van der Waals surface area contributed by atoms with Gasteiger partial charge in [-0.2, -0.15) is 0 Å². The van der Waals surface area contributed by atoms with Crippen molar-refractivity contribution in [3.8, 4) is 0 Å². The number of piperidine rings is 1. The molecule has 0 aromatic heterocycles. The van der Waals surface area contributed by atoms with Crippen LogP contribution in [-0.4, -0.2) is 61.0 Å². The Kier molecular flexibility index (Phi) is 7.29. The molecule has 0 amide bonds. The van der Waals surface area contributed by atoms with Crippen molar-refractivity contribution in [3.63, 3.8) is 0 Å². The lowest BCUT2D eigenvalue weighted by molar-refractivity contribution is -0.00964. The first-order chi connectivity index (χ1) is 8.90. The molecule has 1 heterocycles. The Bertz CT molecular complexity index is 233. The third-order valence-electron chi connectivity index (χ3n) is 3.53. The van der Waals surface area contributed by atoms with Gasteiger partial charge < -0.3 is 20.1 Å². The van der Waals surface area contributed by atoms with Crippen LogP contribution in [0.4, 0.5) is 0 Å². The first-order valence-electron chi connectivity index (χ1n) is 7.60. The first-order valence-corrected chi connectivity index (χ1v) is 7.60. The molecule has 1 saturated heterocycles. The van der Waals surface area contributed by atoms with Crippen LogP contribution in [0.2, 0.25) is 0 Å². The van der Waals surface area contributed by atoms with Crippen molar-refractivity contribution >= 4 is 0 Å². The fourth-order valence-electron chi connectivity index (χ4n) is 2.46. The highest BCUT2D eigenvalue weighted by Crippen LogP contribution is 2.15. The number of rotatable bonds is 7. The minimum absolute atomic E-state index is 0.135. The molecule has 0 saturated carbocycles. The topological polar surface area (TPSA) is 44.7 Å². The van der Waals surface area contributed by atoms with E-state index in [4.69, 9.17) is 9.84 Å². The summed E-state index contributed by atoms with van der Waals surface area (Å²) >= 11 is 0. The van der Waals surface area contributed by atoms with Gasteiger partial charge >= 0.3 is 0 Å². The van der Waals surface area contributed by atoms with Gasteiger partial charge in [-0.05, 0) is 46.1 Å². The maximum atomic E-state index is 8.75. The van der Waals surface area contributed by atoms with E-state index in [-0.39, 0.29) is 12.1 Å². The third-order valence-corrected chi connectivity index (χ3v) is 3.53. The van der Waals surface area contributed by atoms with Crippen LogP contribution < -0.4 is 5.32 Å². The van der Waals surface area contributed by atoms with Gasteiger partial charge in [0.05, 0.1) is 19.3 Å². The maximum absolute atomic E-state index is 8.75. The highest BCUT2D eigenvalue weighted by Gasteiger charge is 2.21. The zero-order valence-corrected chi connectivity index (χ0v) is 13.1. The molecule has 1 unspecified atom stereocenters. The summed E-state index contributed by atoms with van der Waals surface area (Å²) in [4.78, 5) is 2.54. The molecule has 4 nitrogen and oxygen atoms in total. The van der Waals surface area contributed by atoms with Crippen LogP contribution >= 0.6 is 0 Å². The van der Waals surface area contributed by atoms with Crippen LogP contribution in [0.5, 0.6) is 0 Å². The minimum Gasteiger partial charge on any atom is -0.394 e. The quantitative estimate of drug-likeness (QED) is 0.737. The van der Waals surface area contributed by atoms with Crippen LogP contribution in [-0.2, 0) is 4.74 Å². The molecule has 0 aromatic rings. The van der Waals surface area contributed by atoms with E-state index in [9.17, 15) is 0 Å². The van der Waals surface area contributed by atoms with Crippen LogP contribution in [0.25, 0.3) is 0 Å². The second-order valence-electron chi connectivity index (χ2n) is 6.83. The van der Waals surface area contributed by atoms with Crippen LogP contribution in [0.1, 0.15) is 40.5 Å². The first kappa shape index (κ1) is 16.9. The summed E-state index contributed by atoms with van der Waals surface area (Å²) in [6.45, 7) is 14.0. The predicted octanol–water partition coefficient (Wildman–Crippen LogP) is 1.48. The van der Waals surface area contributed by atoms with Crippen molar-refractivity contribution in [2.75, 3.05) is 39.4 Å². The largest absolute Gasteiger partial charge is 0.394 e. The zero-order chi connectivity index (χ0) is 14.3. The van der Waals surface area contributed by atoms with Gasteiger partial charge in [0.25, 0.3) is 0 Å². The molecule has 1 rings (SSSR count). The normalized spacial score (nSPS) is 20.7. The molecule has 2 N–H and O–H groups in total. The second-order valence-corrected chi connectivity index (χ2v) is 6.83. The third kappa shape index (κ3) is 7.88. The number of likely N-dealkylation sites (tertiary alicyclic amines) is 1. The highest BCUT2D eigenvalue weighted by molar-refractivity contribution is 4.77. The molecule has 1 fully saturated rings. The Hall–Kier alpha value is -0.160. The Morgan fingerprint density at radius 3 is 2.47 bits per heavy atom. The number of aliphatic hydroxyl groups excluding tert-OH is 1. The van der Waals surface area contributed by atoms with E-state index in [1.54, 1.807) is 0 Å². The Morgan fingerprint density at radius 1 is 1.32 bits per heavy atom. The van der Waals surface area contributed by atoms with E-state index in [0.717, 1.165) is 39.0 Å². The van der Waals surface area contributed by atoms with Gasteiger partial charge in [0.15, 0.2) is 0 Å². The summed E-state index contributed by atoms with van der Waals surface area (Å²) in [5.41, 5.74) is 0.208. The second kappa shape index (κ2) is 8.20. The molecule has 1 aliphatic rings. The number of nitrogens with zero attached hydrogens (tertiary/aromatic N) is 1. The molecule has 0 spiro atoms. The molecule has 1 atom stereocenters. The number of ether oxygens (including phenoxy) is 1. The molecule has 4 heteroatoms. The van der Waals surface area contributed by atoms with Gasteiger partial charge in [-0.25, -0.2) is 0 Å². The average Bonchev–Trinajstić information content (AvgIpc) is 2.35. The van der Waals surface area contributed by atoms with Gasteiger partial charge in [0.2, 0.25) is 0 Å². The average molecular weight is 272 g/mol. The van der Waals surface area contributed by atoms with Crippen LogP contribution in [0, 0.1) is 5.92 Å². The van der Waals surface area contributed by atoms with E-state index in [0.29, 0.717) is 18.6 Å². The van der Waals surface area contributed by atoms with E-state index in [1.807, 2.05) is 0 Å². The lowest BCUT2D eigenvalue weighted by atomic mass is 10.0. The van der Waals surface area contributed by atoms with E-state index in [2.05, 4.69) is 37.9 Å². The van der Waals surface area contributed by atoms with E-state index < -0.39 is 0 Å². The lowest BCUT2D eigenvalue weighted by Gasteiger charge is -2.34. The molecule has 0 aliphatic carbocycles. The molecule has 1 aliphatic heterocycles. The molecule has 0 aromatic carbocycles. The van der Waals surface area contributed by atoms with Gasteiger partial charge in [-0.1, -0.05) is 6.92 Å². The fraction of sp³-hybridized carbons (Fsp3) is 1.00. The number of nitrogens with one attached hydrogen (secondary N) is 1. The summed E-state index contributed by atoms with van der Waals surface area (Å²) in [5.74, 6) is 0.675. The van der Waals surface area contributed by atoms with Crippen molar-refractivity contribution in [1.29, 1.82) is 0 Å². The summed E-state index contributed by atoms with van der Waals surface area (Å²) < 4.78 is 5.59. The van der Waals surface area contributed by atoms with Crippen molar-refractivity contribution in [2.24, 2.45) is 5.92 Å². The minimum atomic E-state index is 0.135.